The second-order valence-corrected chi connectivity index (χ2v) is 7.69. The first-order valence-electron chi connectivity index (χ1n) is 9.71. The third kappa shape index (κ3) is 4.42. The summed E-state index contributed by atoms with van der Waals surface area (Å²) in [6, 6.07) is 5.58. The number of nitrogens with one attached hydrogen (secondary N) is 1. The fraction of sp³-hybridized carbons (Fsp3) is 0.381. The van der Waals surface area contributed by atoms with Crippen molar-refractivity contribution in [2.24, 2.45) is 0 Å². The Bertz CT molecular complexity index is 933. The van der Waals surface area contributed by atoms with Gasteiger partial charge in [-0.15, -0.1) is 0 Å². The van der Waals surface area contributed by atoms with Crippen molar-refractivity contribution in [1.82, 2.24) is 14.7 Å². The van der Waals surface area contributed by atoms with Crippen LogP contribution in [0.25, 0.3) is 0 Å². The van der Waals surface area contributed by atoms with Crippen LogP contribution in [0.4, 0.5) is 10.5 Å². The van der Waals surface area contributed by atoms with Crippen molar-refractivity contribution in [2.75, 3.05) is 44.6 Å². The van der Waals surface area contributed by atoms with Gasteiger partial charge in [0.25, 0.3) is 0 Å². The van der Waals surface area contributed by atoms with Crippen LogP contribution < -0.4 is 5.32 Å². The largest absolute Gasteiger partial charge is 0.465 e. The Hall–Kier alpha value is -3.29. The number of allylic oxidation sites excluding steroid dienone is 1. The van der Waals surface area contributed by atoms with Gasteiger partial charge in [-0.05, 0) is 37.1 Å². The smallest absolute Gasteiger partial charge is 0.409 e. The number of hydrogen-bond donors (Lipinski definition) is 2. The van der Waals surface area contributed by atoms with Gasteiger partial charge in [-0.2, -0.15) is 0 Å². The van der Waals surface area contributed by atoms with E-state index in [1.807, 2.05) is 34.6 Å². The Morgan fingerprint density at radius 1 is 0.862 bits per heavy atom. The summed E-state index contributed by atoms with van der Waals surface area (Å²) < 4.78 is 0. The van der Waals surface area contributed by atoms with Gasteiger partial charge in [0.2, 0.25) is 11.6 Å². The molecule has 29 heavy (non-hydrogen) atoms. The molecule has 152 valence electrons. The van der Waals surface area contributed by atoms with Gasteiger partial charge in [-0.1, -0.05) is 6.07 Å². The molecule has 5 rings (SSSR count). The van der Waals surface area contributed by atoms with E-state index in [-0.39, 0.29) is 11.6 Å². The van der Waals surface area contributed by atoms with Crippen LogP contribution in [0.1, 0.15) is 11.1 Å². The second-order valence-electron chi connectivity index (χ2n) is 7.69. The molecule has 8 heteroatoms. The first kappa shape index (κ1) is 19.0. The average Bonchev–Trinajstić information content (AvgIpc) is 3.47. The lowest BCUT2D eigenvalue weighted by Gasteiger charge is -2.21. The highest BCUT2D eigenvalue weighted by molar-refractivity contribution is 6.22. The minimum atomic E-state index is -1.03. The molecule has 3 heterocycles. The summed E-state index contributed by atoms with van der Waals surface area (Å²) in [6.45, 7) is 9.27. The van der Waals surface area contributed by atoms with Gasteiger partial charge in [0, 0.05) is 51.0 Å². The zero-order valence-electron chi connectivity index (χ0n) is 16.6. The van der Waals surface area contributed by atoms with Gasteiger partial charge in [-0.25, -0.2) is 4.79 Å². The molecule has 1 aromatic carbocycles. The SMILES string of the molecule is Cc1cc(C)cc(NC(=O)O)c1.O=C1C=C(N2CC2)C(=O)C(N2CC2)=C1N1CC1. The van der Waals surface area contributed by atoms with E-state index in [1.165, 1.54) is 6.08 Å². The van der Waals surface area contributed by atoms with Crippen molar-refractivity contribution in [3.8, 4) is 0 Å². The van der Waals surface area contributed by atoms with E-state index in [4.69, 9.17) is 5.11 Å². The van der Waals surface area contributed by atoms with Crippen LogP contribution in [-0.4, -0.2) is 76.7 Å². The van der Waals surface area contributed by atoms with Crippen LogP contribution >= 0.6 is 0 Å². The summed E-state index contributed by atoms with van der Waals surface area (Å²) in [5.41, 5.74) is 4.62. The summed E-state index contributed by atoms with van der Waals surface area (Å²) in [7, 11) is 0. The first-order chi connectivity index (χ1) is 13.8. The van der Waals surface area contributed by atoms with Gasteiger partial charge in [-0.3, -0.25) is 14.9 Å². The molecule has 0 spiro atoms. The highest BCUT2D eigenvalue weighted by Gasteiger charge is 2.43. The molecule has 1 amide bonds. The standard InChI is InChI=1S/C12H13N3O2.C9H11NO2/c16-9-7-8(13-1-2-13)12(17)11(15-5-6-15)10(9)14-3-4-14;1-6-3-7(2)5-8(4-6)10-9(11)12/h7H,1-6H2;3-5,10H,1-2H3,(H,11,12). The number of benzene rings is 1. The average molecular weight is 396 g/mol. The van der Waals surface area contributed by atoms with Gasteiger partial charge in [0.05, 0.1) is 5.70 Å². The van der Waals surface area contributed by atoms with Crippen LogP contribution in [0.2, 0.25) is 0 Å². The van der Waals surface area contributed by atoms with Crippen LogP contribution in [0.15, 0.2) is 41.4 Å². The molecule has 3 aliphatic heterocycles. The molecule has 3 saturated heterocycles. The number of anilines is 1. The Balaban J connectivity index is 0.000000152. The molecule has 2 N–H and O–H groups in total. The lowest BCUT2D eigenvalue weighted by Crippen LogP contribution is -2.29. The van der Waals surface area contributed by atoms with E-state index in [0.717, 1.165) is 50.4 Å². The number of carbonyl (C=O) groups is 3. The number of carbonyl (C=O) groups excluding carboxylic acids is 2. The maximum Gasteiger partial charge on any atom is 0.409 e. The highest BCUT2D eigenvalue weighted by Crippen LogP contribution is 2.33. The fourth-order valence-electron chi connectivity index (χ4n) is 3.45. The lowest BCUT2D eigenvalue weighted by atomic mass is 10.0. The Morgan fingerprint density at radius 3 is 1.86 bits per heavy atom. The quantitative estimate of drug-likeness (QED) is 0.590. The number of hydrogen-bond acceptors (Lipinski definition) is 6. The maximum atomic E-state index is 12.4. The number of aryl methyl sites for hydroxylation is 2. The van der Waals surface area contributed by atoms with Crippen LogP contribution in [0, 0.1) is 13.8 Å². The fourth-order valence-corrected chi connectivity index (χ4v) is 3.45. The zero-order valence-corrected chi connectivity index (χ0v) is 16.6. The maximum absolute atomic E-state index is 12.4. The predicted molar refractivity (Wildman–Crippen MR) is 107 cm³/mol. The molecule has 3 fully saturated rings. The van der Waals surface area contributed by atoms with Crippen LogP contribution in [0.5, 0.6) is 0 Å². The van der Waals surface area contributed by atoms with Crippen molar-refractivity contribution in [3.05, 3.63) is 52.5 Å². The van der Waals surface area contributed by atoms with E-state index < -0.39 is 6.09 Å². The third-order valence-corrected chi connectivity index (χ3v) is 4.96. The van der Waals surface area contributed by atoms with E-state index in [2.05, 4.69) is 5.32 Å². The molecule has 1 aliphatic carbocycles. The molecule has 0 aromatic heterocycles. The first-order valence-corrected chi connectivity index (χ1v) is 9.71. The van der Waals surface area contributed by atoms with Gasteiger partial charge in [0.1, 0.15) is 11.4 Å². The number of nitrogens with zero attached hydrogens (tertiary/aromatic N) is 3. The molecule has 8 nitrogen and oxygen atoms in total. The number of Topliss-reactive ketones (excluding diaryl/α,β-unsaturated/α-hetero) is 1. The number of amides is 1. The minimum Gasteiger partial charge on any atom is -0.465 e. The van der Waals surface area contributed by atoms with Crippen LogP contribution in [-0.2, 0) is 9.59 Å². The lowest BCUT2D eigenvalue weighted by molar-refractivity contribution is -0.117. The number of rotatable bonds is 4. The summed E-state index contributed by atoms with van der Waals surface area (Å²) in [4.78, 5) is 40.7. The molecular formula is C21H24N4O4. The van der Waals surface area contributed by atoms with E-state index in [0.29, 0.717) is 22.8 Å². The highest BCUT2D eigenvalue weighted by atomic mass is 16.4. The Labute approximate surface area is 169 Å². The van der Waals surface area contributed by atoms with Crippen molar-refractivity contribution in [3.63, 3.8) is 0 Å². The Morgan fingerprint density at radius 2 is 1.38 bits per heavy atom. The number of carboxylic acid groups (broad SMARTS) is 1. The molecule has 1 aromatic rings. The molecule has 4 aliphatic rings. The number of ketones is 2. The summed E-state index contributed by atoms with van der Waals surface area (Å²) >= 11 is 0. The topological polar surface area (TPSA) is 92.5 Å². The van der Waals surface area contributed by atoms with Gasteiger partial charge >= 0.3 is 6.09 Å². The van der Waals surface area contributed by atoms with E-state index in [9.17, 15) is 14.4 Å². The summed E-state index contributed by atoms with van der Waals surface area (Å²) in [5.74, 6) is 0.0485. The van der Waals surface area contributed by atoms with Gasteiger partial charge < -0.3 is 19.8 Å². The van der Waals surface area contributed by atoms with E-state index in [1.54, 1.807) is 12.1 Å². The molecule has 0 atom stereocenters. The van der Waals surface area contributed by atoms with E-state index >= 15 is 0 Å². The summed E-state index contributed by atoms with van der Waals surface area (Å²) in [5, 5.41) is 10.7. The molecule has 0 unspecified atom stereocenters. The van der Waals surface area contributed by atoms with Gasteiger partial charge in [0.15, 0.2) is 0 Å². The molecule has 0 radical (unpaired) electrons. The van der Waals surface area contributed by atoms with Crippen LogP contribution in [0.3, 0.4) is 0 Å². The van der Waals surface area contributed by atoms with Crippen molar-refractivity contribution < 1.29 is 19.5 Å². The normalized spacial score (nSPS) is 19.5. The van der Waals surface area contributed by atoms with Crippen molar-refractivity contribution >= 4 is 23.3 Å². The molecule has 0 bridgehead atoms. The van der Waals surface area contributed by atoms with Crippen molar-refractivity contribution in [1.29, 1.82) is 0 Å². The third-order valence-electron chi connectivity index (χ3n) is 4.96. The molecule has 0 saturated carbocycles. The molecular weight excluding hydrogens is 372 g/mol. The summed E-state index contributed by atoms with van der Waals surface area (Å²) in [6.07, 6.45) is 0.496. The minimum absolute atomic E-state index is 0.00546. The second kappa shape index (κ2) is 7.27. The predicted octanol–water partition coefficient (Wildman–Crippen LogP) is 1.57. The Kier molecular flexibility index (Phi) is 4.77. The zero-order chi connectivity index (χ0) is 20.7. The van der Waals surface area contributed by atoms with Crippen molar-refractivity contribution in [2.45, 2.75) is 13.8 Å². The monoisotopic (exact) mass is 396 g/mol.